The summed E-state index contributed by atoms with van der Waals surface area (Å²) in [6.45, 7) is 1.77. The van der Waals surface area contributed by atoms with Crippen LogP contribution in [-0.4, -0.2) is 23.2 Å². The van der Waals surface area contributed by atoms with Gasteiger partial charge in [0.1, 0.15) is 5.25 Å². The van der Waals surface area contributed by atoms with Crippen LogP contribution in [0.1, 0.15) is 31.4 Å². The van der Waals surface area contributed by atoms with Crippen LogP contribution in [0.3, 0.4) is 0 Å². The molecule has 4 nitrogen and oxygen atoms in total. The van der Waals surface area contributed by atoms with Crippen LogP contribution in [0.25, 0.3) is 0 Å². The average molecular weight is 390 g/mol. The number of hydrogen-bond donors (Lipinski definition) is 1. The van der Waals surface area contributed by atoms with Gasteiger partial charge in [-0.05, 0) is 44.0 Å². The van der Waals surface area contributed by atoms with Crippen molar-refractivity contribution in [3.05, 3.63) is 65.2 Å². The number of rotatable bonds is 7. The number of benzene rings is 2. The molecule has 0 aliphatic heterocycles. The lowest BCUT2D eigenvalue weighted by molar-refractivity contribution is -0.155. The summed E-state index contributed by atoms with van der Waals surface area (Å²) < 4.78 is 5.59. The van der Waals surface area contributed by atoms with Crippen LogP contribution in [0.2, 0.25) is 5.02 Å². The van der Waals surface area contributed by atoms with Gasteiger partial charge in [-0.25, -0.2) is 0 Å². The first kappa shape index (κ1) is 18.8. The highest BCUT2D eigenvalue weighted by Gasteiger charge is 2.32. The molecule has 1 saturated carbocycles. The van der Waals surface area contributed by atoms with Gasteiger partial charge in [-0.1, -0.05) is 41.9 Å². The molecule has 2 aromatic carbocycles. The Labute approximate surface area is 162 Å². The lowest BCUT2D eigenvalue weighted by Gasteiger charge is -2.20. The van der Waals surface area contributed by atoms with E-state index in [4.69, 9.17) is 16.3 Å². The molecule has 1 aliphatic carbocycles. The van der Waals surface area contributed by atoms with Crippen molar-refractivity contribution in [3.63, 3.8) is 0 Å². The summed E-state index contributed by atoms with van der Waals surface area (Å²) in [5, 5.41) is 3.11. The summed E-state index contributed by atoms with van der Waals surface area (Å²) >= 11 is 7.25. The van der Waals surface area contributed by atoms with E-state index in [1.165, 1.54) is 11.8 Å². The van der Waals surface area contributed by atoms with Crippen LogP contribution in [0, 0.1) is 0 Å². The normalized spacial score (nSPS) is 15.8. The summed E-state index contributed by atoms with van der Waals surface area (Å²) in [6, 6.07) is 16.6. The SMILES string of the molecule is C[C@H](Sc1ccc(Cl)cc1)C(=O)O[C@@H](C(=O)NC1CC1)c1ccccc1. The number of nitrogens with one attached hydrogen (secondary N) is 1. The largest absolute Gasteiger partial charge is 0.446 e. The van der Waals surface area contributed by atoms with Crippen molar-refractivity contribution < 1.29 is 14.3 Å². The second-order valence-electron chi connectivity index (χ2n) is 6.22. The number of esters is 1. The molecule has 26 heavy (non-hydrogen) atoms. The quantitative estimate of drug-likeness (QED) is 0.563. The molecule has 1 fully saturated rings. The molecule has 0 bridgehead atoms. The van der Waals surface area contributed by atoms with Crippen LogP contribution in [-0.2, 0) is 14.3 Å². The molecule has 1 aliphatic rings. The molecule has 0 unspecified atom stereocenters. The molecule has 1 N–H and O–H groups in total. The number of ether oxygens (including phenoxy) is 1. The van der Waals surface area contributed by atoms with Crippen LogP contribution in [0.15, 0.2) is 59.5 Å². The van der Waals surface area contributed by atoms with Crippen LogP contribution in [0.4, 0.5) is 0 Å². The monoisotopic (exact) mass is 389 g/mol. The van der Waals surface area contributed by atoms with Crippen molar-refractivity contribution in [2.75, 3.05) is 0 Å². The molecule has 0 aromatic heterocycles. The van der Waals surface area contributed by atoms with E-state index >= 15 is 0 Å². The third kappa shape index (κ3) is 5.26. The van der Waals surface area contributed by atoms with Crippen LogP contribution >= 0.6 is 23.4 Å². The number of thioether (sulfide) groups is 1. The highest BCUT2D eigenvalue weighted by Crippen LogP contribution is 2.28. The summed E-state index contributed by atoms with van der Waals surface area (Å²) in [6.07, 6.45) is 1.02. The van der Waals surface area contributed by atoms with Crippen molar-refractivity contribution >= 4 is 35.2 Å². The maximum Gasteiger partial charge on any atom is 0.320 e. The van der Waals surface area contributed by atoms with E-state index in [2.05, 4.69) is 5.32 Å². The molecule has 0 saturated heterocycles. The summed E-state index contributed by atoms with van der Waals surface area (Å²) in [5.74, 6) is -0.694. The van der Waals surface area contributed by atoms with Gasteiger partial charge in [-0.15, -0.1) is 11.8 Å². The van der Waals surface area contributed by atoms with Crippen molar-refractivity contribution in [1.29, 1.82) is 0 Å². The van der Waals surface area contributed by atoms with E-state index in [1.807, 2.05) is 30.3 Å². The number of amides is 1. The van der Waals surface area contributed by atoms with Gasteiger partial charge in [0.25, 0.3) is 5.91 Å². The summed E-state index contributed by atoms with van der Waals surface area (Å²) in [5.41, 5.74) is 0.669. The van der Waals surface area contributed by atoms with Gasteiger partial charge in [-0.3, -0.25) is 9.59 Å². The lowest BCUT2D eigenvalue weighted by Crippen LogP contribution is -2.34. The first-order valence-corrected chi connectivity index (χ1v) is 9.77. The standard InChI is InChI=1S/C20H20ClNO3S/c1-13(26-17-11-7-15(21)8-12-17)20(24)25-18(14-5-3-2-4-6-14)19(23)22-16-9-10-16/h2-8,11-13,16,18H,9-10H2,1H3,(H,22,23)/t13-,18+/m0/s1. The van der Waals surface area contributed by atoms with Gasteiger partial charge in [0, 0.05) is 21.5 Å². The molecule has 0 spiro atoms. The minimum absolute atomic E-state index is 0.202. The predicted octanol–water partition coefficient (Wildman–Crippen LogP) is 4.38. The Hall–Kier alpha value is -1.98. The Morgan fingerprint density at radius 2 is 1.77 bits per heavy atom. The van der Waals surface area contributed by atoms with E-state index in [0.29, 0.717) is 10.6 Å². The third-order valence-electron chi connectivity index (χ3n) is 3.96. The van der Waals surface area contributed by atoms with Crippen LogP contribution < -0.4 is 5.32 Å². The molecule has 2 aromatic rings. The second kappa shape index (κ2) is 8.60. The number of carbonyl (C=O) groups is 2. The molecule has 3 rings (SSSR count). The minimum Gasteiger partial charge on any atom is -0.446 e. The zero-order valence-electron chi connectivity index (χ0n) is 14.4. The predicted molar refractivity (Wildman–Crippen MR) is 103 cm³/mol. The van der Waals surface area contributed by atoms with Crippen LogP contribution in [0.5, 0.6) is 0 Å². The van der Waals surface area contributed by atoms with Crippen molar-refractivity contribution in [2.45, 2.75) is 42.1 Å². The molecular weight excluding hydrogens is 370 g/mol. The van der Waals surface area contributed by atoms with E-state index in [0.717, 1.165) is 17.7 Å². The smallest absolute Gasteiger partial charge is 0.320 e. The zero-order valence-corrected chi connectivity index (χ0v) is 15.9. The minimum atomic E-state index is -0.933. The molecule has 2 atom stereocenters. The molecular formula is C20H20ClNO3S. The summed E-state index contributed by atoms with van der Waals surface area (Å²) in [4.78, 5) is 26.0. The van der Waals surface area contributed by atoms with E-state index in [-0.39, 0.29) is 11.9 Å². The number of carbonyl (C=O) groups excluding carboxylic acids is 2. The van der Waals surface area contributed by atoms with Gasteiger partial charge < -0.3 is 10.1 Å². The fourth-order valence-electron chi connectivity index (χ4n) is 2.38. The molecule has 136 valence electrons. The number of hydrogen-bond acceptors (Lipinski definition) is 4. The fraction of sp³-hybridized carbons (Fsp3) is 0.300. The number of halogens is 1. The first-order valence-electron chi connectivity index (χ1n) is 8.51. The molecule has 6 heteroatoms. The highest BCUT2D eigenvalue weighted by atomic mass is 35.5. The Bertz CT molecular complexity index is 762. The van der Waals surface area contributed by atoms with Gasteiger partial charge in [0.2, 0.25) is 6.10 Å². The lowest BCUT2D eigenvalue weighted by atomic mass is 10.1. The average Bonchev–Trinajstić information content (AvgIpc) is 3.46. The van der Waals surface area contributed by atoms with Gasteiger partial charge in [0.15, 0.2) is 0 Å². The maximum absolute atomic E-state index is 12.6. The molecule has 0 radical (unpaired) electrons. The highest BCUT2D eigenvalue weighted by molar-refractivity contribution is 8.00. The summed E-state index contributed by atoms with van der Waals surface area (Å²) in [7, 11) is 0. The zero-order chi connectivity index (χ0) is 18.5. The Balaban J connectivity index is 1.67. The Kier molecular flexibility index (Phi) is 6.22. The topological polar surface area (TPSA) is 55.4 Å². The van der Waals surface area contributed by atoms with Gasteiger partial charge >= 0.3 is 5.97 Å². The second-order valence-corrected chi connectivity index (χ2v) is 8.08. The van der Waals surface area contributed by atoms with Gasteiger partial charge in [-0.2, -0.15) is 0 Å². The fourth-order valence-corrected chi connectivity index (χ4v) is 3.36. The third-order valence-corrected chi connectivity index (χ3v) is 5.30. The molecule has 1 amide bonds. The van der Waals surface area contributed by atoms with E-state index < -0.39 is 17.3 Å². The maximum atomic E-state index is 12.6. The Morgan fingerprint density at radius 1 is 1.12 bits per heavy atom. The van der Waals surface area contributed by atoms with Crippen molar-refractivity contribution in [3.8, 4) is 0 Å². The van der Waals surface area contributed by atoms with E-state index in [1.54, 1.807) is 31.2 Å². The molecule has 0 heterocycles. The Morgan fingerprint density at radius 3 is 2.38 bits per heavy atom. The van der Waals surface area contributed by atoms with Crippen molar-refractivity contribution in [1.82, 2.24) is 5.32 Å². The van der Waals surface area contributed by atoms with Gasteiger partial charge in [0.05, 0.1) is 0 Å². The van der Waals surface area contributed by atoms with E-state index in [9.17, 15) is 9.59 Å². The first-order chi connectivity index (χ1) is 12.5. The van der Waals surface area contributed by atoms with Crippen molar-refractivity contribution in [2.24, 2.45) is 0 Å².